The molecule has 0 saturated carbocycles. The molecule has 28 heavy (non-hydrogen) atoms. The van der Waals surface area contributed by atoms with E-state index in [4.69, 9.17) is 0 Å². The van der Waals surface area contributed by atoms with E-state index in [-0.39, 0.29) is 22.9 Å². The van der Waals surface area contributed by atoms with Crippen molar-refractivity contribution in [3.8, 4) is 0 Å². The molecule has 1 N–H and O–H groups in total. The van der Waals surface area contributed by atoms with Crippen molar-refractivity contribution in [3.05, 3.63) is 54.1 Å². The Balaban J connectivity index is 1.85. The molecule has 1 saturated heterocycles. The molecule has 0 aromatic heterocycles. The quantitative estimate of drug-likeness (QED) is 0.851. The van der Waals surface area contributed by atoms with Crippen LogP contribution in [0.4, 0.5) is 17.1 Å². The van der Waals surface area contributed by atoms with Gasteiger partial charge >= 0.3 is 0 Å². The molecular weight excluding hydrogens is 378 g/mol. The standard InChI is InChI=1S/C20H23N3O4S/c1-20(2)13-28(26,27)23(19(20)25)17-7-5-6-14(12-17)18(24)21-15-8-10-16(11-9-15)22(3)4/h5-12H,13H2,1-4H3,(H,21,24). The molecule has 0 radical (unpaired) electrons. The van der Waals surface area contributed by atoms with Gasteiger partial charge in [-0.15, -0.1) is 0 Å². The fraction of sp³-hybridized carbons (Fsp3) is 0.300. The van der Waals surface area contributed by atoms with Gasteiger partial charge in [-0.3, -0.25) is 9.59 Å². The lowest BCUT2D eigenvalue weighted by molar-refractivity contribution is -0.123. The van der Waals surface area contributed by atoms with E-state index in [1.165, 1.54) is 12.1 Å². The Morgan fingerprint density at radius 2 is 1.75 bits per heavy atom. The first-order valence-corrected chi connectivity index (χ1v) is 10.4. The van der Waals surface area contributed by atoms with Crippen molar-refractivity contribution in [1.29, 1.82) is 0 Å². The predicted molar refractivity (Wildman–Crippen MR) is 110 cm³/mol. The van der Waals surface area contributed by atoms with Crippen LogP contribution in [-0.4, -0.2) is 40.1 Å². The second-order valence-corrected chi connectivity index (χ2v) is 9.47. The van der Waals surface area contributed by atoms with Gasteiger partial charge in [-0.25, -0.2) is 12.7 Å². The molecule has 0 aliphatic carbocycles. The van der Waals surface area contributed by atoms with Crippen LogP contribution in [0.5, 0.6) is 0 Å². The lowest BCUT2D eigenvalue weighted by Crippen LogP contribution is -2.33. The van der Waals surface area contributed by atoms with Gasteiger partial charge < -0.3 is 10.2 Å². The smallest absolute Gasteiger partial charge is 0.255 e. The highest BCUT2D eigenvalue weighted by Crippen LogP contribution is 2.36. The minimum absolute atomic E-state index is 0.172. The van der Waals surface area contributed by atoms with E-state index in [1.54, 1.807) is 38.1 Å². The van der Waals surface area contributed by atoms with Crippen LogP contribution in [-0.2, 0) is 14.8 Å². The number of amides is 2. The number of rotatable bonds is 4. The third-order valence-corrected chi connectivity index (χ3v) is 6.59. The van der Waals surface area contributed by atoms with Crippen molar-refractivity contribution in [2.24, 2.45) is 5.41 Å². The Hall–Kier alpha value is -2.87. The fourth-order valence-corrected chi connectivity index (χ4v) is 5.18. The zero-order chi connectivity index (χ0) is 20.7. The molecule has 2 aromatic carbocycles. The number of hydrogen-bond donors (Lipinski definition) is 1. The molecule has 0 spiro atoms. The molecule has 1 aliphatic rings. The van der Waals surface area contributed by atoms with Crippen LogP contribution in [0, 0.1) is 5.41 Å². The number of benzene rings is 2. The third-order valence-electron chi connectivity index (χ3n) is 4.57. The first kappa shape index (κ1) is 19.9. The van der Waals surface area contributed by atoms with Crippen LogP contribution in [0.15, 0.2) is 48.5 Å². The highest BCUT2D eigenvalue weighted by molar-refractivity contribution is 7.94. The number of carbonyl (C=O) groups is 2. The van der Waals surface area contributed by atoms with Crippen LogP contribution in [0.25, 0.3) is 0 Å². The van der Waals surface area contributed by atoms with Crippen molar-refractivity contribution in [2.75, 3.05) is 34.4 Å². The topological polar surface area (TPSA) is 86.8 Å². The minimum Gasteiger partial charge on any atom is -0.378 e. The summed E-state index contributed by atoms with van der Waals surface area (Å²) < 4.78 is 25.7. The summed E-state index contributed by atoms with van der Waals surface area (Å²) in [5.41, 5.74) is 1.06. The molecule has 1 fully saturated rings. The van der Waals surface area contributed by atoms with Gasteiger partial charge in [-0.1, -0.05) is 6.07 Å². The molecule has 148 valence electrons. The number of sulfonamides is 1. The third kappa shape index (κ3) is 3.73. The lowest BCUT2D eigenvalue weighted by Gasteiger charge is -2.18. The van der Waals surface area contributed by atoms with E-state index in [0.717, 1.165) is 9.99 Å². The molecule has 1 heterocycles. The zero-order valence-corrected chi connectivity index (χ0v) is 17.1. The SMILES string of the molecule is CN(C)c1ccc(NC(=O)c2cccc(N3C(=O)C(C)(C)CS3(=O)=O)c2)cc1. The minimum atomic E-state index is -3.76. The molecule has 0 unspecified atom stereocenters. The Morgan fingerprint density at radius 1 is 1.11 bits per heavy atom. The van der Waals surface area contributed by atoms with E-state index in [1.807, 2.05) is 31.1 Å². The monoisotopic (exact) mass is 401 g/mol. The van der Waals surface area contributed by atoms with Gasteiger partial charge in [0, 0.05) is 31.0 Å². The number of carbonyl (C=O) groups excluding carboxylic acids is 2. The Kier molecular flexibility index (Phi) is 4.93. The molecule has 0 atom stereocenters. The van der Waals surface area contributed by atoms with Gasteiger partial charge in [-0.05, 0) is 56.3 Å². The average molecular weight is 401 g/mol. The van der Waals surface area contributed by atoms with Gasteiger partial charge in [-0.2, -0.15) is 0 Å². The van der Waals surface area contributed by atoms with Crippen LogP contribution in [0.2, 0.25) is 0 Å². The van der Waals surface area contributed by atoms with E-state index >= 15 is 0 Å². The maximum atomic E-state index is 12.6. The maximum Gasteiger partial charge on any atom is 0.255 e. The first-order chi connectivity index (χ1) is 13.0. The zero-order valence-electron chi connectivity index (χ0n) is 16.3. The Labute approximate surface area is 165 Å². The largest absolute Gasteiger partial charge is 0.378 e. The van der Waals surface area contributed by atoms with E-state index < -0.39 is 21.3 Å². The Morgan fingerprint density at radius 3 is 2.29 bits per heavy atom. The second-order valence-electron chi connectivity index (χ2n) is 7.66. The summed E-state index contributed by atoms with van der Waals surface area (Å²) in [7, 11) is 0.0855. The van der Waals surface area contributed by atoms with Crippen molar-refractivity contribution in [2.45, 2.75) is 13.8 Å². The van der Waals surface area contributed by atoms with Crippen LogP contribution in [0.3, 0.4) is 0 Å². The normalized spacial score (nSPS) is 17.4. The van der Waals surface area contributed by atoms with Gasteiger partial charge in [0.2, 0.25) is 15.9 Å². The molecule has 1 aliphatic heterocycles. The van der Waals surface area contributed by atoms with Gasteiger partial charge in [0.15, 0.2) is 0 Å². The summed E-state index contributed by atoms with van der Waals surface area (Å²) >= 11 is 0. The number of hydrogen-bond acceptors (Lipinski definition) is 5. The molecular formula is C20H23N3O4S. The second kappa shape index (κ2) is 6.94. The highest BCUT2D eigenvalue weighted by atomic mass is 32.2. The fourth-order valence-electron chi connectivity index (χ4n) is 3.08. The molecule has 2 aromatic rings. The average Bonchev–Trinajstić information content (AvgIpc) is 2.78. The van der Waals surface area contributed by atoms with Crippen molar-refractivity contribution >= 4 is 38.9 Å². The summed E-state index contributed by atoms with van der Waals surface area (Å²) in [5.74, 6) is -1.14. The molecule has 7 nitrogen and oxygen atoms in total. The van der Waals surface area contributed by atoms with Crippen molar-refractivity contribution in [3.63, 3.8) is 0 Å². The molecule has 3 rings (SSSR count). The van der Waals surface area contributed by atoms with Crippen molar-refractivity contribution < 1.29 is 18.0 Å². The van der Waals surface area contributed by atoms with E-state index in [0.29, 0.717) is 5.69 Å². The molecule has 0 bridgehead atoms. The van der Waals surface area contributed by atoms with E-state index in [2.05, 4.69) is 5.32 Å². The first-order valence-electron chi connectivity index (χ1n) is 8.77. The highest BCUT2D eigenvalue weighted by Gasteiger charge is 2.49. The predicted octanol–water partition coefficient (Wildman–Crippen LogP) is 2.71. The number of anilines is 3. The van der Waals surface area contributed by atoms with E-state index in [9.17, 15) is 18.0 Å². The van der Waals surface area contributed by atoms with Gasteiger partial charge in [0.1, 0.15) is 0 Å². The summed E-state index contributed by atoms with van der Waals surface area (Å²) in [4.78, 5) is 27.1. The van der Waals surface area contributed by atoms with Crippen LogP contribution < -0.4 is 14.5 Å². The van der Waals surface area contributed by atoms with Crippen LogP contribution in [0.1, 0.15) is 24.2 Å². The van der Waals surface area contributed by atoms with Crippen molar-refractivity contribution in [1.82, 2.24) is 0 Å². The maximum absolute atomic E-state index is 12.6. The summed E-state index contributed by atoms with van der Waals surface area (Å²) in [5, 5.41) is 2.78. The molecule has 2 amide bonds. The van der Waals surface area contributed by atoms with Crippen LogP contribution >= 0.6 is 0 Å². The Bertz CT molecular complexity index is 1030. The van der Waals surface area contributed by atoms with Gasteiger partial charge in [0.25, 0.3) is 5.91 Å². The molecule has 8 heteroatoms. The lowest BCUT2D eigenvalue weighted by atomic mass is 9.95. The summed E-state index contributed by atoms with van der Waals surface area (Å²) in [6.07, 6.45) is 0. The summed E-state index contributed by atoms with van der Waals surface area (Å²) in [6.45, 7) is 3.20. The number of nitrogens with one attached hydrogen (secondary N) is 1. The number of nitrogens with zero attached hydrogens (tertiary/aromatic N) is 2. The summed E-state index contributed by atoms with van der Waals surface area (Å²) in [6, 6.07) is 13.4. The van der Waals surface area contributed by atoms with Gasteiger partial charge in [0.05, 0.1) is 16.9 Å².